The third-order valence-electron chi connectivity index (χ3n) is 3.58. The molecule has 2 aromatic rings. The normalized spacial score (nSPS) is 11.4. The number of guanidine groups is 1. The fourth-order valence-electron chi connectivity index (χ4n) is 2.37. The van der Waals surface area contributed by atoms with Crippen LogP contribution in [0.2, 0.25) is 0 Å². The van der Waals surface area contributed by atoms with Gasteiger partial charge in [-0.25, -0.2) is 9.97 Å². The Balaban J connectivity index is 1.72. The van der Waals surface area contributed by atoms with Gasteiger partial charge in [-0.3, -0.25) is 4.99 Å². The fraction of sp³-hybridized carbons (Fsp3) is 0.500. The maximum Gasteiger partial charge on any atom is 0.194 e. The summed E-state index contributed by atoms with van der Waals surface area (Å²) in [6, 6.07) is 5.89. The summed E-state index contributed by atoms with van der Waals surface area (Å²) in [5.74, 6) is 1.86. The van der Waals surface area contributed by atoms with E-state index in [-0.39, 0.29) is 0 Å². The second-order valence-electron chi connectivity index (χ2n) is 5.80. The average Bonchev–Trinajstić information content (AvgIpc) is 3.02. The SMILES string of the molecule is CCNC(=NCCCCNc1ccccn1)N(C)Cc1csc(C)n1. The number of thiazole rings is 1. The van der Waals surface area contributed by atoms with Crippen molar-refractivity contribution in [2.24, 2.45) is 4.99 Å². The van der Waals surface area contributed by atoms with Gasteiger partial charge in [-0.2, -0.15) is 0 Å². The summed E-state index contributed by atoms with van der Waals surface area (Å²) in [5, 5.41) is 9.89. The lowest BCUT2D eigenvalue weighted by Gasteiger charge is -2.21. The maximum atomic E-state index is 4.72. The van der Waals surface area contributed by atoms with Gasteiger partial charge in [0.2, 0.25) is 0 Å². The molecule has 0 saturated heterocycles. The third kappa shape index (κ3) is 7.09. The molecule has 0 atom stereocenters. The molecule has 2 aromatic heterocycles. The summed E-state index contributed by atoms with van der Waals surface area (Å²) < 4.78 is 0. The second-order valence-corrected chi connectivity index (χ2v) is 6.86. The molecule has 0 saturated carbocycles. The van der Waals surface area contributed by atoms with E-state index in [4.69, 9.17) is 4.99 Å². The van der Waals surface area contributed by atoms with Crippen LogP contribution in [0.3, 0.4) is 0 Å². The molecule has 6 nitrogen and oxygen atoms in total. The van der Waals surface area contributed by atoms with Gasteiger partial charge in [0.05, 0.1) is 17.2 Å². The maximum absolute atomic E-state index is 4.72. The lowest BCUT2D eigenvalue weighted by molar-refractivity contribution is 0.470. The Kier molecular flexibility index (Phi) is 8.18. The smallest absolute Gasteiger partial charge is 0.194 e. The van der Waals surface area contributed by atoms with Gasteiger partial charge in [-0.15, -0.1) is 11.3 Å². The third-order valence-corrected chi connectivity index (χ3v) is 4.40. The van der Waals surface area contributed by atoms with Crippen molar-refractivity contribution in [1.82, 2.24) is 20.2 Å². The minimum atomic E-state index is 0.775. The van der Waals surface area contributed by atoms with Crippen LogP contribution in [0, 0.1) is 6.92 Å². The first-order valence-electron chi connectivity index (χ1n) is 8.74. The highest BCUT2D eigenvalue weighted by Crippen LogP contribution is 2.10. The van der Waals surface area contributed by atoms with Gasteiger partial charge in [0, 0.05) is 38.3 Å². The van der Waals surface area contributed by atoms with E-state index in [1.165, 1.54) is 0 Å². The monoisotopic (exact) mass is 360 g/mol. The molecule has 25 heavy (non-hydrogen) atoms. The quantitative estimate of drug-likeness (QED) is 0.409. The largest absolute Gasteiger partial charge is 0.370 e. The van der Waals surface area contributed by atoms with Crippen LogP contribution < -0.4 is 10.6 Å². The molecule has 0 unspecified atom stereocenters. The fourth-order valence-corrected chi connectivity index (χ4v) is 2.98. The molecule has 0 radical (unpaired) electrons. The van der Waals surface area contributed by atoms with Crippen molar-refractivity contribution >= 4 is 23.1 Å². The Morgan fingerprint density at radius 2 is 2.20 bits per heavy atom. The number of hydrogen-bond donors (Lipinski definition) is 2. The van der Waals surface area contributed by atoms with Crippen molar-refractivity contribution in [2.45, 2.75) is 33.2 Å². The first-order valence-corrected chi connectivity index (χ1v) is 9.62. The molecule has 0 fully saturated rings. The lowest BCUT2D eigenvalue weighted by atomic mass is 10.3. The van der Waals surface area contributed by atoms with Crippen LogP contribution in [-0.4, -0.2) is 47.5 Å². The molecule has 0 spiro atoms. The van der Waals surface area contributed by atoms with Crippen molar-refractivity contribution in [3.05, 3.63) is 40.5 Å². The van der Waals surface area contributed by atoms with Crippen LogP contribution in [0.25, 0.3) is 0 Å². The molecule has 0 amide bonds. The van der Waals surface area contributed by atoms with E-state index < -0.39 is 0 Å². The van der Waals surface area contributed by atoms with Crippen LogP contribution in [0.5, 0.6) is 0 Å². The minimum absolute atomic E-state index is 0.775. The van der Waals surface area contributed by atoms with E-state index in [0.717, 1.165) is 61.5 Å². The summed E-state index contributed by atoms with van der Waals surface area (Å²) in [7, 11) is 2.05. The number of nitrogens with zero attached hydrogens (tertiary/aromatic N) is 4. The van der Waals surface area contributed by atoms with Gasteiger partial charge >= 0.3 is 0 Å². The molecule has 2 heterocycles. The summed E-state index contributed by atoms with van der Waals surface area (Å²) in [4.78, 5) is 15.6. The Labute approximate surface area is 154 Å². The topological polar surface area (TPSA) is 65.4 Å². The van der Waals surface area contributed by atoms with Crippen LogP contribution in [0.15, 0.2) is 34.8 Å². The highest BCUT2D eigenvalue weighted by Gasteiger charge is 2.08. The molecule has 136 valence electrons. The highest BCUT2D eigenvalue weighted by molar-refractivity contribution is 7.09. The Morgan fingerprint density at radius 1 is 1.32 bits per heavy atom. The van der Waals surface area contributed by atoms with Crippen molar-refractivity contribution in [1.29, 1.82) is 0 Å². The van der Waals surface area contributed by atoms with Crippen LogP contribution in [0.4, 0.5) is 5.82 Å². The number of rotatable bonds is 9. The van der Waals surface area contributed by atoms with E-state index in [2.05, 4.69) is 44.9 Å². The first kappa shape index (κ1) is 19.2. The molecule has 2 rings (SSSR count). The number of unbranched alkanes of at least 4 members (excludes halogenated alkanes) is 1. The zero-order chi connectivity index (χ0) is 17.9. The standard InChI is InChI=1S/C18H28N6S/c1-4-19-18(24(3)13-16-14-25-15(2)23-16)22-12-8-7-11-21-17-9-5-6-10-20-17/h5-6,9-10,14H,4,7-8,11-13H2,1-3H3,(H,19,22)(H,20,21). The van der Waals surface area contributed by atoms with Crippen molar-refractivity contribution in [3.63, 3.8) is 0 Å². The van der Waals surface area contributed by atoms with E-state index in [9.17, 15) is 0 Å². The molecule has 2 N–H and O–H groups in total. The molecule has 0 aliphatic rings. The van der Waals surface area contributed by atoms with Crippen LogP contribution >= 0.6 is 11.3 Å². The number of aryl methyl sites for hydroxylation is 1. The van der Waals surface area contributed by atoms with Gasteiger partial charge in [-0.1, -0.05) is 6.07 Å². The van der Waals surface area contributed by atoms with E-state index in [0.29, 0.717) is 0 Å². The van der Waals surface area contributed by atoms with Crippen LogP contribution in [0.1, 0.15) is 30.5 Å². The highest BCUT2D eigenvalue weighted by atomic mass is 32.1. The van der Waals surface area contributed by atoms with Crippen molar-refractivity contribution in [3.8, 4) is 0 Å². The first-order chi connectivity index (χ1) is 12.2. The van der Waals surface area contributed by atoms with Gasteiger partial charge in [0.15, 0.2) is 5.96 Å². The van der Waals surface area contributed by atoms with Gasteiger partial charge in [0.1, 0.15) is 5.82 Å². The second kappa shape index (κ2) is 10.7. The van der Waals surface area contributed by atoms with Crippen molar-refractivity contribution in [2.75, 3.05) is 32.0 Å². The molecular weight excluding hydrogens is 332 g/mol. The predicted octanol–water partition coefficient (Wildman–Crippen LogP) is 3.14. The van der Waals surface area contributed by atoms with E-state index in [1.807, 2.05) is 25.1 Å². The molecule has 7 heteroatoms. The molecule has 0 aliphatic carbocycles. The summed E-state index contributed by atoms with van der Waals surface area (Å²) in [6.07, 6.45) is 3.90. The molecular formula is C18H28N6S. The predicted molar refractivity (Wildman–Crippen MR) is 106 cm³/mol. The number of hydrogen-bond acceptors (Lipinski definition) is 5. The van der Waals surface area contributed by atoms with Gasteiger partial charge < -0.3 is 15.5 Å². The Hall–Kier alpha value is -2.15. The zero-order valence-corrected chi connectivity index (χ0v) is 16.1. The average molecular weight is 361 g/mol. The van der Waals surface area contributed by atoms with Gasteiger partial charge in [0.25, 0.3) is 0 Å². The summed E-state index contributed by atoms with van der Waals surface area (Å²) >= 11 is 1.69. The summed E-state index contributed by atoms with van der Waals surface area (Å²) in [5.41, 5.74) is 1.09. The molecule has 0 aliphatic heterocycles. The number of pyridine rings is 1. The van der Waals surface area contributed by atoms with E-state index in [1.54, 1.807) is 17.5 Å². The minimum Gasteiger partial charge on any atom is -0.370 e. The number of aromatic nitrogens is 2. The van der Waals surface area contributed by atoms with Crippen LogP contribution in [-0.2, 0) is 6.54 Å². The molecule has 0 aromatic carbocycles. The molecule has 0 bridgehead atoms. The Morgan fingerprint density at radius 3 is 2.88 bits per heavy atom. The van der Waals surface area contributed by atoms with Gasteiger partial charge in [-0.05, 0) is 38.8 Å². The Bertz CT molecular complexity index is 640. The number of aliphatic imine (C=N–C) groups is 1. The number of anilines is 1. The lowest BCUT2D eigenvalue weighted by Crippen LogP contribution is -2.38. The van der Waals surface area contributed by atoms with E-state index >= 15 is 0 Å². The number of nitrogens with one attached hydrogen (secondary N) is 2. The summed E-state index contributed by atoms with van der Waals surface area (Å²) in [6.45, 7) is 7.49. The van der Waals surface area contributed by atoms with Crippen molar-refractivity contribution < 1.29 is 0 Å². The zero-order valence-electron chi connectivity index (χ0n) is 15.3.